The van der Waals surface area contributed by atoms with Gasteiger partial charge in [0.25, 0.3) is 10.0 Å². The number of thiazole rings is 1. The van der Waals surface area contributed by atoms with Crippen LogP contribution >= 0.6 is 22.7 Å². The van der Waals surface area contributed by atoms with E-state index in [-0.39, 0.29) is 15.8 Å². The molecule has 0 fully saturated rings. The van der Waals surface area contributed by atoms with Crippen molar-refractivity contribution in [3.05, 3.63) is 32.3 Å². The summed E-state index contributed by atoms with van der Waals surface area (Å²) in [6.45, 7) is 1.92. The zero-order valence-electron chi connectivity index (χ0n) is 11.1. The number of nitrogen functional groups attached to an aromatic ring is 1. The number of hydrogen-bond donors (Lipinski definition) is 1. The van der Waals surface area contributed by atoms with Gasteiger partial charge in [0.05, 0.1) is 22.2 Å². The highest BCUT2D eigenvalue weighted by atomic mass is 32.2. The van der Waals surface area contributed by atoms with E-state index < -0.39 is 20.6 Å². The van der Waals surface area contributed by atoms with Gasteiger partial charge in [-0.15, -0.1) is 11.3 Å². The first-order valence-corrected chi connectivity index (χ1v) is 8.76. The Hall–Kier alpha value is -1.56. The highest BCUT2D eigenvalue weighted by Gasteiger charge is 2.28. The number of thiophene rings is 1. The quantitative estimate of drug-likeness (QED) is 0.650. The average molecular weight is 348 g/mol. The molecule has 2 N–H and O–H groups in total. The fraction of sp³-hybridized carbons (Fsp3) is 0.300. The van der Waals surface area contributed by atoms with E-state index in [0.717, 1.165) is 15.4 Å². The van der Waals surface area contributed by atoms with Gasteiger partial charge in [0.2, 0.25) is 0 Å². The molecular formula is C10H12N4O4S3. The molecule has 21 heavy (non-hydrogen) atoms. The summed E-state index contributed by atoms with van der Waals surface area (Å²) in [5, 5.41) is 13.2. The zero-order chi connectivity index (χ0) is 15.8. The standard InChI is InChI=1S/C10H12N4O4S3/c1-6-12-7(5-19-6)4-13(2)21(17,18)9-3-8(14(15)16)10(11)20-9/h3,5H,4,11H2,1-2H3. The van der Waals surface area contributed by atoms with Gasteiger partial charge in [-0.25, -0.2) is 13.4 Å². The van der Waals surface area contributed by atoms with Gasteiger partial charge in [0.15, 0.2) is 5.00 Å². The van der Waals surface area contributed by atoms with Crippen LogP contribution in [0.25, 0.3) is 0 Å². The number of rotatable bonds is 5. The molecule has 11 heteroatoms. The van der Waals surface area contributed by atoms with Crippen molar-refractivity contribution in [1.29, 1.82) is 0 Å². The second-order valence-electron chi connectivity index (χ2n) is 4.19. The predicted octanol–water partition coefficient (Wildman–Crippen LogP) is 1.82. The molecule has 0 bridgehead atoms. The molecule has 0 atom stereocenters. The van der Waals surface area contributed by atoms with Gasteiger partial charge in [-0.05, 0) is 6.92 Å². The number of nitrogens with zero attached hydrogens (tertiary/aromatic N) is 3. The molecule has 0 amide bonds. The van der Waals surface area contributed by atoms with Crippen LogP contribution < -0.4 is 5.73 Å². The Balaban J connectivity index is 2.28. The Morgan fingerprint density at radius 1 is 1.52 bits per heavy atom. The van der Waals surface area contributed by atoms with Crippen molar-refractivity contribution in [3.63, 3.8) is 0 Å². The Labute approximate surface area is 129 Å². The molecule has 0 aliphatic carbocycles. The van der Waals surface area contributed by atoms with Crippen LogP contribution in [0.3, 0.4) is 0 Å². The molecule has 0 spiro atoms. The van der Waals surface area contributed by atoms with Crippen LogP contribution in [0.15, 0.2) is 15.7 Å². The van der Waals surface area contributed by atoms with Crippen LogP contribution in [-0.4, -0.2) is 29.7 Å². The van der Waals surface area contributed by atoms with Gasteiger partial charge in [0.1, 0.15) is 4.21 Å². The van der Waals surface area contributed by atoms with Gasteiger partial charge in [-0.1, -0.05) is 11.3 Å². The van der Waals surface area contributed by atoms with Crippen molar-refractivity contribution >= 4 is 43.4 Å². The third kappa shape index (κ3) is 3.20. The molecule has 2 heterocycles. The Morgan fingerprint density at radius 2 is 2.19 bits per heavy atom. The van der Waals surface area contributed by atoms with Crippen molar-refractivity contribution in [2.75, 3.05) is 12.8 Å². The third-order valence-corrected chi connectivity index (χ3v) is 6.66. The van der Waals surface area contributed by atoms with Crippen LogP contribution in [0.4, 0.5) is 10.7 Å². The summed E-state index contributed by atoms with van der Waals surface area (Å²) in [5.74, 6) is 0. The first-order chi connectivity index (χ1) is 9.71. The molecule has 2 rings (SSSR count). The molecule has 0 aliphatic heterocycles. The molecule has 8 nitrogen and oxygen atoms in total. The number of aromatic nitrogens is 1. The SMILES string of the molecule is Cc1nc(CN(C)S(=O)(=O)c2cc([N+](=O)[O-])c(N)s2)cs1. The number of sulfonamides is 1. The Morgan fingerprint density at radius 3 is 2.67 bits per heavy atom. The van der Waals surface area contributed by atoms with E-state index >= 15 is 0 Å². The van der Waals surface area contributed by atoms with E-state index in [1.54, 1.807) is 5.38 Å². The van der Waals surface area contributed by atoms with Gasteiger partial charge in [-0.2, -0.15) is 4.31 Å². The zero-order valence-corrected chi connectivity index (χ0v) is 13.6. The maximum Gasteiger partial charge on any atom is 0.304 e. The summed E-state index contributed by atoms with van der Waals surface area (Å²) in [5.41, 5.74) is 5.71. The third-order valence-electron chi connectivity index (χ3n) is 2.63. The van der Waals surface area contributed by atoms with Crippen LogP contribution in [0.1, 0.15) is 10.7 Å². The Bertz CT molecular complexity index is 780. The number of aryl methyl sites for hydroxylation is 1. The number of nitro groups is 1. The normalized spacial score (nSPS) is 12.0. The first kappa shape index (κ1) is 15.8. The maximum atomic E-state index is 12.4. The fourth-order valence-electron chi connectivity index (χ4n) is 1.59. The van der Waals surface area contributed by atoms with Crippen LogP contribution in [0, 0.1) is 17.0 Å². The number of hydrogen-bond acceptors (Lipinski definition) is 8. The molecule has 0 unspecified atom stereocenters. The molecule has 0 aromatic carbocycles. The van der Waals surface area contributed by atoms with Gasteiger partial charge >= 0.3 is 5.69 Å². The van der Waals surface area contributed by atoms with Crippen LogP contribution in [-0.2, 0) is 16.6 Å². The second kappa shape index (κ2) is 5.67. The lowest BCUT2D eigenvalue weighted by molar-refractivity contribution is -0.383. The highest BCUT2D eigenvalue weighted by Crippen LogP contribution is 2.35. The van der Waals surface area contributed by atoms with E-state index in [2.05, 4.69) is 4.98 Å². The summed E-state index contributed by atoms with van der Waals surface area (Å²) < 4.78 is 25.7. The van der Waals surface area contributed by atoms with E-state index in [1.807, 2.05) is 6.92 Å². The lowest BCUT2D eigenvalue weighted by atomic mass is 10.5. The van der Waals surface area contributed by atoms with Crippen molar-refractivity contribution in [2.24, 2.45) is 0 Å². The topological polar surface area (TPSA) is 119 Å². The van der Waals surface area contributed by atoms with Gasteiger partial charge in [-0.3, -0.25) is 10.1 Å². The minimum absolute atomic E-state index is 0.0955. The molecule has 114 valence electrons. The molecule has 0 aliphatic rings. The summed E-state index contributed by atoms with van der Waals surface area (Å²) in [4.78, 5) is 14.2. The van der Waals surface area contributed by atoms with Crippen molar-refractivity contribution in [1.82, 2.24) is 9.29 Å². The summed E-state index contributed by atoms with van der Waals surface area (Å²) in [6.07, 6.45) is 0. The molecule has 0 saturated heterocycles. The molecule has 2 aromatic heterocycles. The van der Waals surface area contributed by atoms with Crippen LogP contribution in [0.2, 0.25) is 0 Å². The maximum absolute atomic E-state index is 12.4. The lowest BCUT2D eigenvalue weighted by Crippen LogP contribution is -2.26. The predicted molar refractivity (Wildman–Crippen MR) is 80.9 cm³/mol. The van der Waals surface area contributed by atoms with E-state index in [9.17, 15) is 18.5 Å². The summed E-state index contributed by atoms with van der Waals surface area (Å²) >= 11 is 2.11. The van der Waals surface area contributed by atoms with Crippen LogP contribution in [0.5, 0.6) is 0 Å². The van der Waals surface area contributed by atoms with E-state index in [0.29, 0.717) is 17.0 Å². The highest BCUT2D eigenvalue weighted by molar-refractivity contribution is 7.91. The molecule has 2 aromatic rings. The smallest absolute Gasteiger partial charge is 0.304 e. The molecule has 0 saturated carbocycles. The van der Waals surface area contributed by atoms with Crippen molar-refractivity contribution < 1.29 is 13.3 Å². The monoisotopic (exact) mass is 348 g/mol. The minimum Gasteiger partial charge on any atom is -0.385 e. The average Bonchev–Trinajstić information content (AvgIpc) is 2.95. The minimum atomic E-state index is -3.83. The fourth-order valence-corrected chi connectivity index (χ4v) is 4.76. The second-order valence-corrected chi connectivity index (χ2v) is 8.61. The van der Waals surface area contributed by atoms with Crippen molar-refractivity contribution in [2.45, 2.75) is 17.7 Å². The largest absolute Gasteiger partial charge is 0.385 e. The first-order valence-electron chi connectivity index (χ1n) is 5.63. The summed E-state index contributed by atoms with van der Waals surface area (Å²) in [6, 6.07) is 0.984. The van der Waals surface area contributed by atoms with Gasteiger partial charge in [0, 0.05) is 18.5 Å². The molecular weight excluding hydrogens is 336 g/mol. The van der Waals surface area contributed by atoms with E-state index in [1.165, 1.54) is 18.4 Å². The van der Waals surface area contributed by atoms with E-state index in [4.69, 9.17) is 5.73 Å². The number of anilines is 1. The van der Waals surface area contributed by atoms with Gasteiger partial charge < -0.3 is 5.73 Å². The summed E-state index contributed by atoms with van der Waals surface area (Å²) in [7, 11) is -2.44. The Kier molecular flexibility index (Phi) is 4.27. The molecule has 0 radical (unpaired) electrons. The number of nitrogens with two attached hydrogens (primary N) is 1. The lowest BCUT2D eigenvalue weighted by Gasteiger charge is -2.14. The van der Waals surface area contributed by atoms with Crippen molar-refractivity contribution in [3.8, 4) is 0 Å².